The van der Waals surface area contributed by atoms with Gasteiger partial charge in [-0.05, 0) is 37.1 Å². The van der Waals surface area contributed by atoms with E-state index in [4.69, 9.17) is 11.6 Å². The molecule has 3 rings (SSSR count). The van der Waals surface area contributed by atoms with Crippen molar-refractivity contribution < 1.29 is 19.2 Å². The van der Waals surface area contributed by atoms with Crippen LogP contribution in [-0.4, -0.2) is 53.2 Å². The summed E-state index contributed by atoms with van der Waals surface area (Å²) in [4.78, 5) is 52.7. The van der Waals surface area contributed by atoms with Gasteiger partial charge in [-0.1, -0.05) is 54.1 Å². The number of nitrogens with one attached hydrogen (secondary N) is 2. The van der Waals surface area contributed by atoms with Crippen molar-refractivity contribution in [2.24, 2.45) is 0 Å². The van der Waals surface area contributed by atoms with Crippen molar-refractivity contribution in [3.05, 3.63) is 70.7 Å². The highest BCUT2D eigenvalue weighted by molar-refractivity contribution is 6.30. The molecule has 0 spiro atoms. The molecule has 1 saturated heterocycles. The molecule has 1 aliphatic heterocycles. The normalized spacial score (nSPS) is 17.8. The number of likely N-dealkylation sites (N-methyl/N-ethyl adjacent to an activating group) is 1. The first-order valence-corrected chi connectivity index (χ1v) is 10.6. The van der Waals surface area contributed by atoms with Crippen LogP contribution in [0, 0.1) is 0 Å². The molecule has 0 bridgehead atoms. The van der Waals surface area contributed by atoms with Crippen LogP contribution in [0.1, 0.15) is 25.0 Å². The lowest BCUT2D eigenvalue weighted by atomic mass is 9.92. The molecule has 2 aromatic carbocycles. The van der Waals surface area contributed by atoms with E-state index in [1.54, 1.807) is 62.4 Å². The lowest BCUT2D eigenvalue weighted by Gasteiger charge is -2.24. The van der Waals surface area contributed by atoms with Crippen molar-refractivity contribution in [1.82, 2.24) is 20.4 Å². The monoisotopic (exact) mass is 456 g/mol. The van der Waals surface area contributed by atoms with Crippen LogP contribution in [0.5, 0.6) is 0 Å². The molecule has 9 heteroatoms. The van der Waals surface area contributed by atoms with E-state index < -0.39 is 29.9 Å². The number of hydrogen-bond donors (Lipinski definition) is 2. The number of halogens is 1. The Bertz CT molecular complexity index is 1010. The van der Waals surface area contributed by atoms with Gasteiger partial charge in [-0.25, -0.2) is 4.79 Å². The fraction of sp³-hybridized carbons (Fsp3) is 0.304. The number of nitrogens with zero attached hydrogens (tertiary/aromatic N) is 2. The maximum atomic E-state index is 13.0. The summed E-state index contributed by atoms with van der Waals surface area (Å²) >= 11 is 5.85. The third-order valence-corrected chi connectivity index (χ3v) is 5.64. The molecule has 0 aromatic heterocycles. The van der Waals surface area contributed by atoms with Crippen LogP contribution in [0.15, 0.2) is 54.6 Å². The number of rotatable bonds is 8. The first kappa shape index (κ1) is 23.3. The molecule has 2 N–H and O–H groups in total. The first-order valence-electron chi connectivity index (χ1n) is 10.2. The Morgan fingerprint density at radius 3 is 2.38 bits per heavy atom. The molecule has 0 aliphatic carbocycles. The van der Waals surface area contributed by atoms with Gasteiger partial charge in [0.25, 0.3) is 5.91 Å². The molecule has 8 nitrogen and oxygen atoms in total. The average molecular weight is 457 g/mol. The van der Waals surface area contributed by atoms with E-state index in [2.05, 4.69) is 10.6 Å². The van der Waals surface area contributed by atoms with E-state index in [-0.39, 0.29) is 19.0 Å². The van der Waals surface area contributed by atoms with Gasteiger partial charge < -0.3 is 15.5 Å². The van der Waals surface area contributed by atoms with Crippen molar-refractivity contribution in [2.75, 3.05) is 19.6 Å². The average Bonchev–Trinajstić information content (AvgIpc) is 3.01. The summed E-state index contributed by atoms with van der Waals surface area (Å²) in [6.07, 6.45) is 0. The van der Waals surface area contributed by atoms with Gasteiger partial charge in [0, 0.05) is 18.1 Å². The number of carbonyl (C=O) groups is 4. The first-order chi connectivity index (χ1) is 15.2. The molecular weight excluding hydrogens is 432 g/mol. The molecule has 0 saturated carbocycles. The van der Waals surface area contributed by atoms with Gasteiger partial charge in [0.05, 0.1) is 6.54 Å². The van der Waals surface area contributed by atoms with E-state index in [0.29, 0.717) is 17.1 Å². The zero-order valence-corrected chi connectivity index (χ0v) is 18.7. The largest absolute Gasteiger partial charge is 0.350 e. The summed E-state index contributed by atoms with van der Waals surface area (Å²) in [5, 5.41) is 6.02. The van der Waals surface area contributed by atoms with Crippen molar-refractivity contribution in [2.45, 2.75) is 25.9 Å². The molecule has 0 radical (unpaired) electrons. The van der Waals surface area contributed by atoms with Gasteiger partial charge in [-0.3, -0.25) is 19.3 Å². The molecule has 1 heterocycles. The maximum Gasteiger partial charge on any atom is 0.325 e. The number of carbonyl (C=O) groups excluding carboxylic acids is 4. The Labute approximate surface area is 191 Å². The summed E-state index contributed by atoms with van der Waals surface area (Å²) in [5.41, 5.74) is 0.255. The summed E-state index contributed by atoms with van der Waals surface area (Å²) in [6.45, 7) is 3.27. The second kappa shape index (κ2) is 9.82. The molecular formula is C23H25ClN4O4. The van der Waals surface area contributed by atoms with Crippen LogP contribution in [0.2, 0.25) is 5.02 Å². The van der Waals surface area contributed by atoms with E-state index in [1.807, 2.05) is 6.07 Å². The highest BCUT2D eigenvalue weighted by Gasteiger charge is 2.49. The third kappa shape index (κ3) is 5.08. The highest BCUT2D eigenvalue weighted by Crippen LogP contribution is 2.28. The van der Waals surface area contributed by atoms with E-state index >= 15 is 0 Å². The quantitative estimate of drug-likeness (QED) is 0.595. The van der Waals surface area contributed by atoms with Gasteiger partial charge in [0.1, 0.15) is 12.1 Å². The van der Waals surface area contributed by atoms with Crippen LogP contribution < -0.4 is 10.6 Å². The number of imide groups is 1. The molecule has 5 amide bonds. The minimum atomic E-state index is -1.24. The van der Waals surface area contributed by atoms with E-state index in [9.17, 15) is 19.2 Å². The Balaban J connectivity index is 1.59. The second-order valence-electron chi connectivity index (χ2n) is 7.62. The van der Waals surface area contributed by atoms with Crippen molar-refractivity contribution in [3.8, 4) is 0 Å². The fourth-order valence-corrected chi connectivity index (χ4v) is 3.58. The number of benzene rings is 2. The van der Waals surface area contributed by atoms with Crippen LogP contribution in [0.3, 0.4) is 0 Å². The zero-order chi connectivity index (χ0) is 23.3. The van der Waals surface area contributed by atoms with E-state index in [1.165, 1.54) is 4.90 Å². The number of urea groups is 1. The second-order valence-corrected chi connectivity index (χ2v) is 8.06. The third-order valence-electron chi connectivity index (χ3n) is 5.39. The van der Waals surface area contributed by atoms with Crippen LogP contribution in [0.25, 0.3) is 0 Å². The van der Waals surface area contributed by atoms with Crippen molar-refractivity contribution in [3.63, 3.8) is 0 Å². The summed E-state index contributed by atoms with van der Waals surface area (Å²) in [6, 6.07) is 15.3. The predicted octanol–water partition coefficient (Wildman–Crippen LogP) is 2.27. The molecule has 168 valence electrons. The molecule has 1 fully saturated rings. The van der Waals surface area contributed by atoms with Crippen molar-refractivity contribution >= 4 is 35.4 Å². The zero-order valence-electron chi connectivity index (χ0n) is 17.9. The summed E-state index contributed by atoms with van der Waals surface area (Å²) in [5.74, 6) is -1.35. The minimum absolute atomic E-state index is 0.178. The topological polar surface area (TPSA) is 98.8 Å². The standard InChI is InChI=1S/C23H25ClN4O4/c1-3-27(14-19(29)25-13-16-9-11-18(24)12-10-16)20(30)15-28-21(31)23(2,26-22(28)32)17-7-5-4-6-8-17/h4-12H,3,13-15H2,1-2H3,(H,25,29)(H,26,32)/t23-/m1/s1. The van der Waals surface area contributed by atoms with Gasteiger partial charge in [0.15, 0.2) is 0 Å². The van der Waals surface area contributed by atoms with Crippen molar-refractivity contribution in [1.29, 1.82) is 0 Å². The highest BCUT2D eigenvalue weighted by atomic mass is 35.5. The van der Waals surface area contributed by atoms with Gasteiger partial charge in [0.2, 0.25) is 11.8 Å². The SMILES string of the molecule is CCN(CC(=O)NCc1ccc(Cl)cc1)C(=O)CN1C(=O)N[C@](C)(c2ccccc2)C1=O. The molecule has 1 aliphatic rings. The van der Waals surface area contributed by atoms with Crippen LogP contribution in [-0.2, 0) is 26.5 Å². The molecule has 2 aromatic rings. The molecule has 0 unspecified atom stereocenters. The van der Waals surface area contributed by atoms with E-state index in [0.717, 1.165) is 10.5 Å². The smallest absolute Gasteiger partial charge is 0.325 e. The summed E-state index contributed by atoms with van der Waals surface area (Å²) in [7, 11) is 0. The number of hydrogen-bond acceptors (Lipinski definition) is 4. The lowest BCUT2D eigenvalue weighted by Crippen LogP contribution is -2.47. The lowest BCUT2D eigenvalue weighted by molar-refractivity contribution is -0.140. The predicted molar refractivity (Wildman–Crippen MR) is 120 cm³/mol. The maximum absolute atomic E-state index is 13.0. The molecule has 32 heavy (non-hydrogen) atoms. The Morgan fingerprint density at radius 1 is 1.09 bits per heavy atom. The van der Waals surface area contributed by atoms with Gasteiger partial charge in [-0.15, -0.1) is 0 Å². The van der Waals surface area contributed by atoms with Gasteiger partial charge in [-0.2, -0.15) is 0 Å². The van der Waals surface area contributed by atoms with Gasteiger partial charge >= 0.3 is 6.03 Å². The Morgan fingerprint density at radius 2 is 1.75 bits per heavy atom. The summed E-state index contributed by atoms with van der Waals surface area (Å²) < 4.78 is 0. The molecule has 1 atom stereocenters. The Kier molecular flexibility index (Phi) is 7.15. The van der Waals surface area contributed by atoms with Crippen LogP contribution in [0.4, 0.5) is 4.79 Å². The Hall–Kier alpha value is -3.39. The van der Waals surface area contributed by atoms with Crippen LogP contribution >= 0.6 is 11.6 Å². The fourth-order valence-electron chi connectivity index (χ4n) is 3.45. The minimum Gasteiger partial charge on any atom is -0.350 e. The number of amides is 5.